The van der Waals surface area contributed by atoms with E-state index in [9.17, 15) is 14.0 Å². The summed E-state index contributed by atoms with van der Waals surface area (Å²) in [6.07, 6.45) is 0.592. The summed E-state index contributed by atoms with van der Waals surface area (Å²) >= 11 is 0. The highest BCUT2D eigenvalue weighted by molar-refractivity contribution is 5.86. The first kappa shape index (κ1) is 15.4. The predicted molar refractivity (Wildman–Crippen MR) is 77.0 cm³/mol. The van der Waals surface area contributed by atoms with Gasteiger partial charge in [-0.15, -0.1) is 0 Å². The molecule has 114 valence electrons. The molecule has 0 aliphatic carbocycles. The monoisotopic (exact) mass is 294 g/mol. The first-order valence-corrected chi connectivity index (χ1v) is 6.92. The number of nitrogens with zero attached hydrogens (tertiary/aromatic N) is 1. The van der Waals surface area contributed by atoms with Crippen molar-refractivity contribution in [2.24, 2.45) is 0 Å². The molecule has 1 unspecified atom stereocenters. The molecule has 0 radical (unpaired) electrons. The third-order valence-electron chi connectivity index (χ3n) is 3.28. The van der Waals surface area contributed by atoms with Crippen LogP contribution in [-0.4, -0.2) is 44.0 Å². The quantitative estimate of drug-likeness (QED) is 0.852. The number of rotatable bonds is 4. The third kappa shape index (κ3) is 3.58. The van der Waals surface area contributed by atoms with Gasteiger partial charge in [0.2, 0.25) is 5.91 Å². The van der Waals surface area contributed by atoms with E-state index in [-0.39, 0.29) is 24.1 Å². The Bertz CT molecular complexity index is 534. The number of nitrogens with one attached hydrogen (secondary N) is 1. The molecule has 1 N–H and O–H groups in total. The maximum Gasteiger partial charge on any atom is 0.245 e. The standard InChI is InChI=1S/C15H19FN2O3/c1-10(2)17-15(20)14-9-21-6-5-18(14)13-4-3-11(8-19)7-12(13)16/h3-4,7-8,10,14H,5-6,9H2,1-2H3,(H,17,20). The minimum Gasteiger partial charge on any atom is -0.377 e. The highest BCUT2D eigenvalue weighted by atomic mass is 19.1. The van der Waals surface area contributed by atoms with Gasteiger partial charge >= 0.3 is 0 Å². The van der Waals surface area contributed by atoms with E-state index >= 15 is 0 Å². The van der Waals surface area contributed by atoms with E-state index in [4.69, 9.17) is 4.74 Å². The molecular weight excluding hydrogens is 275 g/mol. The minimum absolute atomic E-state index is 0.00330. The van der Waals surface area contributed by atoms with Crippen molar-refractivity contribution in [2.75, 3.05) is 24.7 Å². The van der Waals surface area contributed by atoms with Gasteiger partial charge in [-0.2, -0.15) is 0 Å². The van der Waals surface area contributed by atoms with Crippen LogP contribution < -0.4 is 10.2 Å². The van der Waals surface area contributed by atoms with Crippen molar-refractivity contribution in [1.29, 1.82) is 0 Å². The lowest BCUT2D eigenvalue weighted by Gasteiger charge is -2.36. The largest absolute Gasteiger partial charge is 0.377 e. The van der Waals surface area contributed by atoms with Gasteiger partial charge in [0.25, 0.3) is 0 Å². The van der Waals surface area contributed by atoms with E-state index < -0.39 is 11.9 Å². The number of hydrogen-bond donors (Lipinski definition) is 1. The molecule has 0 spiro atoms. The molecule has 0 bridgehead atoms. The third-order valence-corrected chi connectivity index (χ3v) is 3.28. The summed E-state index contributed by atoms with van der Waals surface area (Å²) in [5.41, 5.74) is 0.584. The highest BCUT2D eigenvalue weighted by Gasteiger charge is 2.31. The Hall–Kier alpha value is -1.95. The van der Waals surface area contributed by atoms with Gasteiger partial charge in [-0.05, 0) is 32.0 Å². The van der Waals surface area contributed by atoms with Crippen LogP contribution in [0.25, 0.3) is 0 Å². The number of morpholine rings is 1. The molecule has 2 rings (SSSR count). The summed E-state index contributed by atoms with van der Waals surface area (Å²) in [5.74, 6) is -0.701. The van der Waals surface area contributed by atoms with Crippen molar-refractivity contribution in [3.05, 3.63) is 29.6 Å². The van der Waals surface area contributed by atoms with Crippen LogP contribution >= 0.6 is 0 Å². The molecule has 1 heterocycles. The summed E-state index contributed by atoms with van der Waals surface area (Å²) in [7, 11) is 0. The summed E-state index contributed by atoms with van der Waals surface area (Å²) in [6, 6.07) is 3.68. The number of carbonyl (C=O) groups is 2. The Balaban J connectivity index is 2.26. The van der Waals surface area contributed by atoms with Gasteiger partial charge in [0, 0.05) is 18.2 Å². The molecular formula is C15H19FN2O3. The van der Waals surface area contributed by atoms with Gasteiger partial charge < -0.3 is 15.0 Å². The molecule has 1 amide bonds. The minimum atomic E-state index is -0.572. The van der Waals surface area contributed by atoms with Crippen LogP contribution in [0.5, 0.6) is 0 Å². The van der Waals surface area contributed by atoms with Crippen molar-refractivity contribution in [2.45, 2.75) is 25.9 Å². The number of anilines is 1. The highest BCUT2D eigenvalue weighted by Crippen LogP contribution is 2.24. The van der Waals surface area contributed by atoms with Gasteiger partial charge in [0.1, 0.15) is 18.1 Å². The summed E-state index contributed by atoms with van der Waals surface area (Å²) in [4.78, 5) is 24.6. The lowest BCUT2D eigenvalue weighted by Crippen LogP contribution is -2.55. The van der Waals surface area contributed by atoms with Gasteiger partial charge in [0.15, 0.2) is 0 Å². The molecule has 0 aromatic heterocycles. The number of carbonyl (C=O) groups excluding carboxylic acids is 2. The van der Waals surface area contributed by atoms with Gasteiger partial charge in [-0.1, -0.05) is 0 Å². The molecule has 21 heavy (non-hydrogen) atoms. The summed E-state index contributed by atoms with van der Waals surface area (Å²) in [5, 5.41) is 2.81. The molecule has 1 aliphatic rings. The first-order chi connectivity index (χ1) is 10.0. The average Bonchev–Trinajstić information content (AvgIpc) is 2.46. The zero-order valence-electron chi connectivity index (χ0n) is 12.1. The van der Waals surface area contributed by atoms with E-state index in [1.54, 1.807) is 4.90 Å². The Labute approximate surface area is 123 Å². The first-order valence-electron chi connectivity index (χ1n) is 6.92. The zero-order chi connectivity index (χ0) is 15.4. The van der Waals surface area contributed by atoms with E-state index in [0.29, 0.717) is 25.1 Å². The van der Waals surface area contributed by atoms with Crippen LogP contribution in [0.4, 0.5) is 10.1 Å². The van der Waals surface area contributed by atoms with Gasteiger partial charge in [-0.3, -0.25) is 9.59 Å². The Morgan fingerprint density at radius 1 is 1.52 bits per heavy atom. The van der Waals surface area contributed by atoms with E-state index in [1.165, 1.54) is 18.2 Å². The van der Waals surface area contributed by atoms with E-state index in [2.05, 4.69) is 5.32 Å². The number of aldehydes is 1. The second-order valence-corrected chi connectivity index (χ2v) is 5.28. The summed E-state index contributed by atoms with van der Waals surface area (Å²) < 4.78 is 19.5. The normalized spacial score (nSPS) is 18.7. The van der Waals surface area contributed by atoms with Gasteiger partial charge in [-0.25, -0.2) is 4.39 Å². The van der Waals surface area contributed by atoms with Crippen LogP contribution in [0.1, 0.15) is 24.2 Å². The molecule has 1 fully saturated rings. The topological polar surface area (TPSA) is 58.6 Å². The van der Waals surface area contributed by atoms with Crippen molar-refractivity contribution in [1.82, 2.24) is 5.32 Å². The second kappa shape index (κ2) is 6.67. The van der Waals surface area contributed by atoms with Crippen LogP contribution in [0.15, 0.2) is 18.2 Å². The maximum atomic E-state index is 14.1. The number of amides is 1. The molecule has 1 atom stereocenters. The smallest absolute Gasteiger partial charge is 0.245 e. The van der Waals surface area contributed by atoms with E-state index in [1.807, 2.05) is 13.8 Å². The van der Waals surface area contributed by atoms with Crippen LogP contribution in [0.2, 0.25) is 0 Å². The lowest BCUT2D eigenvalue weighted by atomic mass is 10.1. The Kier molecular flexibility index (Phi) is 4.90. The maximum absolute atomic E-state index is 14.1. The molecule has 5 nitrogen and oxygen atoms in total. The zero-order valence-corrected chi connectivity index (χ0v) is 12.1. The molecule has 1 aromatic rings. The van der Waals surface area contributed by atoms with Crippen LogP contribution in [-0.2, 0) is 9.53 Å². The van der Waals surface area contributed by atoms with Crippen molar-refractivity contribution < 1.29 is 18.7 Å². The second-order valence-electron chi connectivity index (χ2n) is 5.28. The Morgan fingerprint density at radius 2 is 2.29 bits per heavy atom. The number of halogens is 1. The molecule has 6 heteroatoms. The van der Waals surface area contributed by atoms with Crippen molar-refractivity contribution >= 4 is 17.9 Å². The lowest BCUT2D eigenvalue weighted by molar-refractivity contribution is -0.125. The van der Waals surface area contributed by atoms with Crippen molar-refractivity contribution in [3.63, 3.8) is 0 Å². The van der Waals surface area contributed by atoms with Crippen LogP contribution in [0.3, 0.4) is 0 Å². The Morgan fingerprint density at radius 3 is 2.90 bits per heavy atom. The molecule has 1 saturated heterocycles. The fourth-order valence-corrected chi connectivity index (χ4v) is 2.32. The number of hydrogen-bond acceptors (Lipinski definition) is 4. The SMILES string of the molecule is CC(C)NC(=O)C1COCCN1c1ccc(C=O)cc1F. The average molecular weight is 294 g/mol. The fourth-order valence-electron chi connectivity index (χ4n) is 2.32. The molecule has 1 aromatic carbocycles. The van der Waals surface area contributed by atoms with Crippen molar-refractivity contribution in [3.8, 4) is 0 Å². The summed E-state index contributed by atoms with van der Waals surface area (Å²) in [6.45, 7) is 4.80. The predicted octanol–water partition coefficient (Wildman–Crippen LogP) is 1.37. The van der Waals surface area contributed by atoms with E-state index in [0.717, 1.165) is 0 Å². The molecule has 1 aliphatic heterocycles. The van der Waals surface area contributed by atoms with Crippen LogP contribution in [0, 0.1) is 5.82 Å². The van der Waals surface area contributed by atoms with Gasteiger partial charge in [0.05, 0.1) is 18.9 Å². The molecule has 0 saturated carbocycles. The fraction of sp³-hybridized carbons (Fsp3) is 0.467. The number of ether oxygens (including phenoxy) is 1. The number of benzene rings is 1.